The topological polar surface area (TPSA) is 35.5 Å². The van der Waals surface area contributed by atoms with Gasteiger partial charge in [0, 0.05) is 17.6 Å². The van der Waals surface area contributed by atoms with E-state index in [1.165, 1.54) is 44.9 Å². The summed E-state index contributed by atoms with van der Waals surface area (Å²) in [5.41, 5.74) is -0.0213. The molecule has 3 nitrogen and oxygen atoms in total. The van der Waals surface area contributed by atoms with Crippen molar-refractivity contribution in [2.24, 2.45) is 5.92 Å². The van der Waals surface area contributed by atoms with Crippen LogP contribution in [0.5, 0.6) is 0 Å². The predicted molar refractivity (Wildman–Crippen MR) is 89.5 cm³/mol. The van der Waals surface area contributed by atoms with Crippen molar-refractivity contribution in [2.45, 2.75) is 89.3 Å². The van der Waals surface area contributed by atoms with Crippen molar-refractivity contribution >= 4 is 0 Å². The van der Waals surface area contributed by atoms with E-state index < -0.39 is 0 Å². The lowest BCUT2D eigenvalue weighted by Gasteiger charge is -2.46. The molecule has 0 heterocycles. The molecular formula is C18H36N2O. The van der Waals surface area contributed by atoms with Gasteiger partial charge in [-0.05, 0) is 70.9 Å². The van der Waals surface area contributed by atoms with E-state index >= 15 is 0 Å². The van der Waals surface area contributed by atoms with Crippen LogP contribution < -0.4 is 5.32 Å². The van der Waals surface area contributed by atoms with Gasteiger partial charge in [0.15, 0.2) is 0 Å². The summed E-state index contributed by atoms with van der Waals surface area (Å²) in [5, 5.41) is 13.4. The molecule has 0 saturated heterocycles. The third-order valence-electron chi connectivity index (χ3n) is 6.22. The summed E-state index contributed by atoms with van der Waals surface area (Å²) in [6, 6.07) is 1.42. The molecular weight excluding hydrogens is 260 g/mol. The first kappa shape index (κ1) is 17.2. The molecule has 2 aliphatic carbocycles. The number of hydrogen-bond acceptors (Lipinski definition) is 3. The molecule has 0 spiro atoms. The Morgan fingerprint density at radius 2 is 1.81 bits per heavy atom. The number of nitrogens with one attached hydrogen (secondary N) is 1. The van der Waals surface area contributed by atoms with Gasteiger partial charge in [0.1, 0.15) is 0 Å². The van der Waals surface area contributed by atoms with Crippen LogP contribution in [0.1, 0.15) is 71.6 Å². The molecule has 2 saturated carbocycles. The highest BCUT2D eigenvalue weighted by molar-refractivity contribution is 4.97. The fraction of sp³-hybridized carbons (Fsp3) is 1.00. The number of aliphatic hydroxyl groups excluding tert-OH is 1. The van der Waals surface area contributed by atoms with Crippen molar-refractivity contribution < 1.29 is 5.11 Å². The van der Waals surface area contributed by atoms with E-state index in [1.54, 1.807) is 0 Å². The maximum Gasteiger partial charge on any atom is 0.0613 e. The van der Waals surface area contributed by atoms with E-state index in [0.29, 0.717) is 6.04 Å². The molecule has 21 heavy (non-hydrogen) atoms. The molecule has 2 unspecified atom stereocenters. The molecule has 2 N–H and O–H groups in total. The second-order valence-corrected chi connectivity index (χ2v) is 7.47. The summed E-state index contributed by atoms with van der Waals surface area (Å²) < 4.78 is 0. The van der Waals surface area contributed by atoms with Gasteiger partial charge >= 0.3 is 0 Å². The summed E-state index contributed by atoms with van der Waals surface area (Å²) in [7, 11) is 2.33. The zero-order chi connectivity index (χ0) is 15.3. The van der Waals surface area contributed by atoms with Gasteiger partial charge in [-0.3, -0.25) is 0 Å². The van der Waals surface area contributed by atoms with Crippen LogP contribution in [0.25, 0.3) is 0 Å². The summed E-state index contributed by atoms with van der Waals surface area (Å²) in [4.78, 5) is 2.66. The number of likely N-dealkylation sites (N-methyl/N-ethyl adjacent to an activating group) is 1. The molecule has 0 aromatic heterocycles. The molecule has 124 valence electrons. The standard InChI is InChI=1S/C18H36N2O/c1-4-15-8-10-16(11-9-15)20(3)17-7-6-12-18(13-17,14-21)19-5-2/h15-17,19,21H,4-14H2,1-3H3. The second-order valence-electron chi connectivity index (χ2n) is 7.47. The van der Waals surface area contributed by atoms with Crippen molar-refractivity contribution in [3.05, 3.63) is 0 Å². The fourth-order valence-electron chi connectivity index (χ4n) is 4.67. The monoisotopic (exact) mass is 296 g/mol. The summed E-state index contributed by atoms with van der Waals surface area (Å²) in [6.07, 6.45) is 11.7. The molecule has 2 rings (SSSR count). The first-order valence-corrected chi connectivity index (χ1v) is 9.22. The lowest BCUT2D eigenvalue weighted by Crippen LogP contribution is -2.56. The van der Waals surface area contributed by atoms with Gasteiger partial charge in [-0.25, -0.2) is 0 Å². The summed E-state index contributed by atoms with van der Waals surface area (Å²) in [6.45, 7) is 5.73. The van der Waals surface area contributed by atoms with E-state index in [0.717, 1.165) is 31.3 Å². The van der Waals surface area contributed by atoms with Gasteiger partial charge in [0.05, 0.1) is 6.61 Å². The first-order chi connectivity index (χ1) is 10.1. The van der Waals surface area contributed by atoms with E-state index in [9.17, 15) is 5.11 Å². The molecule has 0 radical (unpaired) electrons. The molecule has 2 fully saturated rings. The molecule has 0 aromatic rings. The van der Waals surface area contributed by atoms with Crippen LogP contribution in [-0.2, 0) is 0 Å². The Kier molecular flexibility index (Phi) is 6.51. The maximum atomic E-state index is 9.87. The quantitative estimate of drug-likeness (QED) is 0.790. The molecule has 3 heteroatoms. The zero-order valence-corrected chi connectivity index (χ0v) is 14.4. The van der Waals surface area contributed by atoms with Crippen molar-refractivity contribution in [3.8, 4) is 0 Å². The lowest BCUT2D eigenvalue weighted by atomic mass is 9.77. The number of nitrogens with zero attached hydrogens (tertiary/aromatic N) is 1. The van der Waals surface area contributed by atoms with Gasteiger partial charge in [0.25, 0.3) is 0 Å². The van der Waals surface area contributed by atoms with E-state index in [-0.39, 0.29) is 12.1 Å². The minimum Gasteiger partial charge on any atom is -0.394 e. The van der Waals surface area contributed by atoms with Crippen molar-refractivity contribution in [1.29, 1.82) is 0 Å². The minimum absolute atomic E-state index is 0.0213. The Hall–Kier alpha value is -0.120. The van der Waals surface area contributed by atoms with Gasteiger partial charge in [0.2, 0.25) is 0 Å². The van der Waals surface area contributed by atoms with Crippen LogP contribution >= 0.6 is 0 Å². The highest BCUT2D eigenvalue weighted by atomic mass is 16.3. The lowest BCUT2D eigenvalue weighted by molar-refractivity contribution is 0.0401. The van der Waals surface area contributed by atoms with Crippen molar-refractivity contribution in [1.82, 2.24) is 10.2 Å². The average Bonchev–Trinajstić information content (AvgIpc) is 2.55. The van der Waals surface area contributed by atoms with E-state index in [2.05, 4.69) is 31.1 Å². The normalized spacial score (nSPS) is 37.9. The fourth-order valence-corrected chi connectivity index (χ4v) is 4.67. The predicted octanol–water partition coefficient (Wildman–Crippen LogP) is 3.17. The highest BCUT2D eigenvalue weighted by Gasteiger charge is 2.38. The van der Waals surface area contributed by atoms with Gasteiger partial charge in [-0.2, -0.15) is 0 Å². The third kappa shape index (κ3) is 4.20. The Bertz CT molecular complexity index is 298. The molecule has 0 aromatic carbocycles. The Morgan fingerprint density at radius 1 is 1.10 bits per heavy atom. The van der Waals surface area contributed by atoms with Crippen LogP contribution in [0.3, 0.4) is 0 Å². The molecule has 2 atom stereocenters. The highest BCUT2D eigenvalue weighted by Crippen LogP contribution is 2.35. The van der Waals surface area contributed by atoms with Crippen LogP contribution in [0, 0.1) is 5.92 Å². The number of hydrogen-bond donors (Lipinski definition) is 2. The Balaban J connectivity index is 1.91. The average molecular weight is 296 g/mol. The van der Waals surface area contributed by atoms with E-state index in [4.69, 9.17) is 0 Å². The van der Waals surface area contributed by atoms with Gasteiger partial charge in [-0.1, -0.05) is 20.3 Å². The number of aliphatic hydroxyl groups is 1. The smallest absolute Gasteiger partial charge is 0.0613 e. The third-order valence-corrected chi connectivity index (χ3v) is 6.22. The van der Waals surface area contributed by atoms with Crippen molar-refractivity contribution in [3.63, 3.8) is 0 Å². The van der Waals surface area contributed by atoms with Gasteiger partial charge in [-0.15, -0.1) is 0 Å². The first-order valence-electron chi connectivity index (χ1n) is 9.22. The van der Waals surface area contributed by atoms with Crippen LogP contribution in [0.2, 0.25) is 0 Å². The largest absolute Gasteiger partial charge is 0.394 e. The zero-order valence-electron chi connectivity index (χ0n) is 14.4. The molecule has 0 aliphatic heterocycles. The minimum atomic E-state index is -0.0213. The van der Waals surface area contributed by atoms with Crippen LogP contribution in [0.4, 0.5) is 0 Å². The number of rotatable bonds is 6. The SMILES string of the molecule is CCNC1(CO)CCCC(N(C)C2CCC(CC)CC2)C1. The van der Waals surface area contributed by atoms with Crippen LogP contribution in [-0.4, -0.2) is 47.8 Å². The summed E-state index contributed by atoms with van der Waals surface area (Å²) >= 11 is 0. The maximum absolute atomic E-state index is 9.87. The van der Waals surface area contributed by atoms with E-state index in [1.807, 2.05) is 0 Å². The Morgan fingerprint density at radius 3 is 2.38 bits per heavy atom. The molecule has 0 bridgehead atoms. The summed E-state index contributed by atoms with van der Waals surface area (Å²) in [5.74, 6) is 0.972. The second kappa shape index (κ2) is 7.94. The molecule has 2 aliphatic rings. The van der Waals surface area contributed by atoms with Gasteiger partial charge < -0.3 is 15.3 Å². The van der Waals surface area contributed by atoms with Crippen molar-refractivity contribution in [2.75, 3.05) is 20.2 Å². The van der Waals surface area contributed by atoms with Crippen LogP contribution in [0.15, 0.2) is 0 Å². The Labute approximate surface area is 131 Å². The molecule has 0 amide bonds.